The van der Waals surface area contributed by atoms with E-state index < -0.39 is 0 Å². The summed E-state index contributed by atoms with van der Waals surface area (Å²) < 4.78 is 17.8. The Bertz CT molecular complexity index is 409. The molecule has 0 saturated carbocycles. The van der Waals surface area contributed by atoms with Crippen LogP contribution < -0.4 is 10.6 Å². The molecule has 112 valence electrons. The molecule has 1 amide bonds. The summed E-state index contributed by atoms with van der Waals surface area (Å²) in [5.74, 6) is -0.306. The number of halogens is 1. The molecule has 0 aliphatic heterocycles. The van der Waals surface area contributed by atoms with E-state index in [1.54, 1.807) is 19.2 Å². The van der Waals surface area contributed by atoms with Gasteiger partial charge in [-0.3, -0.25) is 10.1 Å². The van der Waals surface area contributed by atoms with Gasteiger partial charge in [-0.25, -0.2) is 4.39 Å². The summed E-state index contributed by atoms with van der Waals surface area (Å²) in [4.78, 5) is 11.9. The van der Waals surface area contributed by atoms with Gasteiger partial charge in [-0.05, 0) is 38.0 Å². The number of benzene rings is 1. The van der Waals surface area contributed by atoms with Crippen molar-refractivity contribution in [2.24, 2.45) is 0 Å². The lowest BCUT2D eigenvalue weighted by Crippen LogP contribution is -2.43. The van der Waals surface area contributed by atoms with Crippen molar-refractivity contribution in [2.75, 3.05) is 20.3 Å². The van der Waals surface area contributed by atoms with Gasteiger partial charge >= 0.3 is 0 Å². The number of amides is 1. The average Bonchev–Trinajstić information content (AvgIpc) is 2.44. The van der Waals surface area contributed by atoms with E-state index in [2.05, 4.69) is 10.6 Å². The van der Waals surface area contributed by atoms with Gasteiger partial charge in [0.15, 0.2) is 0 Å². The molecule has 1 aromatic carbocycles. The molecule has 0 radical (unpaired) electrons. The molecule has 1 rings (SSSR count). The van der Waals surface area contributed by atoms with Gasteiger partial charge in [-0.15, -0.1) is 0 Å². The van der Waals surface area contributed by atoms with Crippen LogP contribution in [0.2, 0.25) is 0 Å². The fourth-order valence-electron chi connectivity index (χ4n) is 1.88. The maximum absolute atomic E-state index is 12.8. The van der Waals surface area contributed by atoms with Crippen LogP contribution in [0.3, 0.4) is 0 Å². The molecule has 2 atom stereocenters. The lowest BCUT2D eigenvalue weighted by atomic mass is 10.1. The number of ether oxygens (including phenoxy) is 1. The number of hydrogen-bond acceptors (Lipinski definition) is 3. The molecule has 0 spiro atoms. The Kier molecular flexibility index (Phi) is 7.18. The second-order valence-electron chi connectivity index (χ2n) is 4.80. The quantitative estimate of drug-likeness (QED) is 0.717. The SMILES string of the molecule is COCCCNC(=O)C(C)N[C@H](C)c1ccc(F)cc1. The highest BCUT2D eigenvalue weighted by molar-refractivity contribution is 5.81. The topological polar surface area (TPSA) is 50.4 Å². The molecule has 1 unspecified atom stereocenters. The normalized spacial score (nSPS) is 13.8. The van der Waals surface area contributed by atoms with Crippen LogP contribution in [0.15, 0.2) is 24.3 Å². The number of carbonyl (C=O) groups excluding carboxylic acids is 1. The summed E-state index contributed by atoms with van der Waals surface area (Å²) in [6, 6.07) is 5.95. The fraction of sp³-hybridized carbons (Fsp3) is 0.533. The van der Waals surface area contributed by atoms with Gasteiger partial charge in [0.25, 0.3) is 0 Å². The molecule has 0 saturated heterocycles. The minimum Gasteiger partial charge on any atom is -0.385 e. The second-order valence-corrected chi connectivity index (χ2v) is 4.80. The van der Waals surface area contributed by atoms with E-state index in [1.807, 2.05) is 13.8 Å². The number of carbonyl (C=O) groups is 1. The molecule has 5 heteroatoms. The van der Waals surface area contributed by atoms with Crippen molar-refractivity contribution in [3.63, 3.8) is 0 Å². The minimum atomic E-state index is -0.308. The predicted molar refractivity (Wildman–Crippen MR) is 76.9 cm³/mol. The summed E-state index contributed by atoms with van der Waals surface area (Å²) in [6.07, 6.45) is 0.794. The van der Waals surface area contributed by atoms with E-state index >= 15 is 0 Å². The van der Waals surface area contributed by atoms with Crippen LogP contribution in [0.5, 0.6) is 0 Å². The maximum atomic E-state index is 12.8. The summed E-state index contributed by atoms with van der Waals surface area (Å²) >= 11 is 0. The largest absolute Gasteiger partial charge is 0.385 e. The van der Waals surface area contributed by atoms with Crippen LogP contribution >= 0.6 is 0 Å². The highest BCUT2D eigenvalue weighted by atomic mass is 19.1. The molecule has 0 fully saturated rings. The van der Waals surface area contributed by atoms with Crippen LogP contribution in [0.4, 0.5) is 4.39 Å². The number of nitrogens with one attached hydrogen (secondary N) is 2. The molecular formula is C15H23FN2O2. The Hall–Kier alpha value is -1.46. The van der Waals surface area contributed by atoms with Gasteiger partial charge in [-0.1, -0.05) is 12.1 Å². The number of rotatable bonds is 8. The average molecular weight is 282 g/mol. The van der Waals surface area contributed by atoms with Crippen molar-refractivity contribution in [2.45, 2.75) is 32.4 Å². The molecule has 0 aliphatic rings. The van der Waals surface area contributed by atoms with Gasteiger partial charge in [0, 0.05) is 26.3 Å². The number of methoxy groups -OCH3 is 1. The molecule has 2 N–H and O–H groups in total. The zero-order valence-corrected chi connectivity index (χ0v) is 12.3. The third-order valence-corrected chi connectivity index (χ3v) is 3.09. The van der Waals surface area contributed by atoms with E-state index in [4.69, 9.17) is 4.74 Å². The highest BCUT2D eigenvalue weighted by Gasteiger charge is 2.15. The molecule has 0 aliphatic carbocycles. The van der Waals surface area contributed by atoms with Gasteiger partial charge in [0.2, 0.25) is 5.91 Å². The maximum Gasteiger partial charge on any atom is 0.236 e. The van der Waals surface area contributed by atoms with Crippen LogP contribution in [0.25, 0.3) is 0 Å². The van der Waals surface area contributed by atoms with Crippen LogP contribution in [-0.4, -0.2) is 32.2 Å². The van der Waals surface area contributed by atoms with E-state index in [0.717, 1.165) is 12.0 Å². The van der Waals surface area contributed by atoms with Crippen molar-refractivity contribution < 1.29 is 13.9 Å². The van der Waals surface area contributed by atoms with Crippen molar-refractivity contribution in [1.82, 2.24) is 10.6 Å². The van der Waals surface area contributed by atoms with Gasteiger partial charge in [0.1, 0.15) is 5.82 Å². The van der Waals surface area contributed by atoms with Crippen molar-refractivity contribution in [3.05, 3.63) is 35.6 Å². The molecular weight excluding hydrogens is 259 g/mol. The third-order valence-electron chi connectivity index (χ3n) is 3.09. The Balaban J connectivity index is 2.38. The lowest BCUT2D eigenvalue weighted by Gasteiger charge is -2.20. The molecule has 1 aromatic rings. The summed E-state index contributed by atoms with van der Waals surface area (Å²) in [5, 5.41) is 6.03. The van der Waals surface area contributed by atoms with Crippen molar-refractivity contribution in [3.8, 4) is 0 Å². The molecule has 0 aromatic heterocycles. The first-order chi connectivity index (χ1) is 9.54. The van der Waals surface area contributed by atoms with Crippen molar-refractivity contribution >= 4 is 5.91 Å². The summed E-state index contributed by atoms with van der Waals surface area (Å²) in [6.45, 7) is 4.99. The Morgan fingerprint density at radius 3 is 2.55 bits per heavy atom. The van der Waals surface area contributed by atoms with Crippen LogP contribution in [0, 0.1) is 5.82 Å². The Morgan fingerprint density at radius 2 is 1.95 bits per heavy atom. The minimum absolute atomic E-state index is 0.0182. The first-order valence-corrected chi connectivity index (χ1v) is 6.82. The third kappa shape index (κ3) is 5.67. The molecule has 0 bridgehead atoms. The molecule has 0 heterocycles. The van der Waals surface area contributed by atoms with Gasteiger partial charge in [-0.2, -0.15) is 0 Å². The Labute approximate surface area is 119 Å². The smallest absolute Gasteiger partial charge is 0.236 e. The lowest BCUT2D eigenvalue weighted by molar-refractivity contribution is -0.122. The summed E-state index contributed by atoms with van der Waals surface area (Å²) in [5.41, 5.74) is 0.949. The van der Waals surface area contributed by atoms with Gasteiger partial charge < -0.3 is 10.1 Å². The van der Waals surface area contributed by atoms with Crippen molar-refractivity contribution in [1.29, 1.82) is 0 Å². The van der Waals surface area contributed by atoms with Crippen LogP contribution in [-0.2, 0) is 9.53 Å². The second kappa shape index (κ2) is 8.66. The van der Waals surface area contributed by atoms with E-state index in [0.29, 0.717) is 13.2 Å². The van der Waals surface area contributed by atoms with E-state index in [9.17, 15) is 9.18 Å². The Morgan fingerprint density at radius 1 is 1.30 bits per heavy atom. The van der Waals surface area contributed by atoms with Gasteiger partial charge in [0.05, 0.1) is 6.04 Å². The standard InChI is InChI=1S/C15H23FN2O2/c1-11(13-5-7-14(16)8-6-13)18-12(2)15(19)17-9-4-10-20-3/h5-8,11-12,18H,4,9-10H2,1-3H3,(H,17,19)/t11-,12?/m1/s1. The first-order valence-electron chi connectivity index (χ1n) is 6.82. The van der Waals surface area contributed by atoms with E-state index in [1.165, 1.54) is 12.1 Å². The molecule has 4 nitrogen and oxygen atoms in total. The van der Waals surface area contributed by atoms with Crippen LogP contribution in [0.1, 0.15) is 31.9 Å². The predicted octanol–water partition coefficient (Wildman–Crippen LogP) is 2.02. The highest BCUT2D eigenvalue weighted by Crippen LogP contribution is 2.13. The summed E-state index contributed by atoms with van der Waals surface area (Å²) in [7, 11) is 1.64. The van der Waals surface area contributed by atoms with E-state index in [-0.39, 0.29) is 23.8 Å². The molecule has 20 heavy (non-hydrogen) atoms. The number of hydrogen-bond donors (Lipinski definition) is 2. The first kappa shape index (κ1) is 16.6. The zero-order chi connectivity index (χ0) is 15.0. The zero-order valence-electron chi connectivity index (χ0n) is 12.3. The fourth-order valence-corrected chi connectivity index (χ4v) is 1.88. The monoisotopic (exact) mass is 282 g/mol.